The summed E-state index contributed by atoms with van der Waals surface area (Å²) in [6.45, 7) is 8.12. The number of aromatic nitrogens is 3. The number of nitrogens with zero attached hydrogens (tertiary/aromatic N) is 3. The van der Waals surface area contributed by atoms with E-state index < -0.39 is 11.6 Å². The van der Waals surface area contributed by atoms with Crippen molar-refractivity contribution in [3.05, 3.63) is 81.5 Å². The molecule has 0 saturated heterocycles. The van der Waals surface area contributed by atoms with Crippen LogP contribution < -0.4 is 10.4 Å². The zero-order valence-electron chi connectivity index (χ0n) is 19.6. The number of aliphatic hydroxyl groups excluding tert-OH is 1. The Kier molecular flexibility index (Phi) is 10.1. The van der Waals surface area contributed by atoms with Gasteiger partial charge >= 0.3 is 41.2 Å². The summed E-state index contributed by atoms with van der Waals surface area (Å²) in [6.07, 6.45) is 0.753. The van der Waals surface area contributed by atoms with Crippen LogP contribution in [0.2, 0.25) is 0 Å². The molecule has 0 atom stereocenters. The van der Waals surface area contributed by atoms with Gasteiger partial charge in [-0.05, 0) is 57.0 Å². The standard InChI is InChI=1S/C25H31N3O5.Na.H/c1-5-14-27-22(26-28(24(27)31)15-19-8-6-18(2)7-9-19)16-32-23(30)20-10-12-21(13-11-20)33-25(3,4)17-29;;/h6-13,29H,5,14-17H2,1-4H3;;. The van der Waals surface area contributed by atoms with Crippen molar-refractivity contribution >= 4 is 35.5 Å². The number of aliphatic hydroxyl groups is 1. The van der Waals surface area contributed by atoms with E-state index in [0.29, 0.717) is 30.2 Å². The van der Waals surface area contributed by atoms with Crippen LogP contribution in [0, 0.1) is 6.92 Å². The predicted octanol–water partition coefficient (Wildman–Crippen LogP) is 2.67. The molecule has 0 amide bonds. The summed E-state index contributed by atoms with van der Waals surface area (Å²) in [5.74, 6) is 0.427. The molecule has 1 aromatic heterocycles. The molecule has 0 saturated carbocycles. The zero-order chi connectivity index (χ0) is 24.0. The van der Waals surface area contributed by atoms with E-state index in [1.807, 2.05) is 38.1 Å². The van der Waals surface area contributed by atoms with Gasteiger partial charge in [-0.15, -0.1) is 0 Å². The van der Waals surface area contributed by atoms with E-state index in [1.165, 1.54) is 4.68 Å². The number of aryl methyl sites for hydroxylation is 1. The normalized spacial score (nSPS) is 11.1. The van der Waals surface area contributed by atoms with Crippen LogP contribution in [0.1, 0.15) is 54.5 Å². The van der Waals surface area contributed by atoms with Crippen LogP contribution in [0.3, 0.4) is 0 Å². The van der Waals surface area contributed by atoms with Gasteiger partial charge in [0.05, 0.1) is 18.7 Å². The Morgan fingerprint density at radius 2 is 1.74 bits per heavy atom. The average Bonchev–Trinajstić information content (AvgIpc) is 3.08. The van der Waals surface area contributed by atoms with Gasteiger partial charge in [0.1, 0.15) is 11.4 Å². The van der Waals surface area contributed by atoms with Gasteiger partial charge in [0.2, 0.25) is 0 Å². The van der Waals surface area contributed by atoms with Gasteiger partial charge < -0.3 is 14.6 Å². The Bertz CT molecular complexity index is 1130. The summed E-state index contributed by atoms with van der Waals surface area (Å²) in [6, 6.07) is 14.4. The van der Waals surface area contributed by atoms with Crippen LogP contribution in [-0.2, 0) is 24.4 Å². The average molecular weight is 478 g/mol. The second-order valence-corrected chi connectivity index (χ2v) is 8.61. The van der Waals surface area contributed by atoms with Gasteiger partial charge in [-0.2, -0.15) is 5.10 Å². The van der Waals surface area contributed by atoms with Gasteiger partial charge in [0.15, 0.2) is 12.4 Å². The van der Waals surface area contributed by atoms with Gasteiger partial charge in [-0.3, -0.25) is 4.57 Å². The maximum absolute atomic E-state index is 12.8. The summed E-state index contributed by atoms with van der Waals surface area (Å²) < 4.78 is 14.1. The fourth-order valence-electron chi connectivity index (χ4n) is 3.23. The van der Waals surface area contributed by atoms with E-state index in [-0.39, 0.29) is 48.5 Å². The molecule has 0 aliphatic rings. The summed E-state index contributed by atoms with van der Waals surface area (Å²) in [5.41, 5.74) is 1.53. The molecule has 0 bridgehead atoms. The first-order valence-corrected chi connectivity index (χ1v) is 11.0. The van der Waals surface area contributed by atoms with E-state index in [0.717, 1.165) is 17.5 Å². The van der Waals surface area contributed by atoms with Gasteiger partial charge in [0.25, 0.3) is 0 Å². The molecule has 0 unspecified atom stereocenters. The van der Waals surface area contributed by atoms with Crippen molar-refractivity contribution in [2.24, 2.45) is 0 Å². The van der Waals surface area contributed by atoms with Crippen LogP contribution in [0.4, 0.5) is 0 Å². The Hall–Kier alpha value is -2.39. The van der Waals surface area contributed by atoms with Crippen molar-refractivity contribution < 1.29 is 19.4 Å². The molecule has 1 heterocycles. The van der Waals surface area contributed by atoms with Crippen molar-refractivity contribution in [3.8, 4) is 5.75 Å². The van der Waals surface area contributed by atoms with Crippen molar-refractivity contribution in [3.63, 3.8) is 0 Å². The number of benzene rings is 2. The molecule has 9 heteroatoms. The molecular formula is C25H32N3NaO5. The molecule has 0 aliphatic carbocycles. The number of carbonyl (C=O) groups is 1. The van der Waals surface area contributed by atoms with E-state index in [9.17, 15) is 14.7 Å². The second kappa shape index (κ2) is 12.4. The molecule has 3 aromatic rings. The minimum atomic E-state index is -0.720. The van der Waals surface area contributed by atoms with Crippen LogP contribution in [0.5, 0.6) is 5.75 Å². The summed E-state index contributed by atoms with van der Waals surface area (Å²) in [5, 5.41) is 13.7. The van der Waals surface area contributed by atoms with Crippen molar-refractivity contribution in [1.82, 2.24) is 14.3 Å². The Morgan fingerprint density at radius 3 is 2.32 bits per heavy atom. The van der Waals surface area contributed by atoms with Gasteiger partial charge in [-0.25, -0.2) is 14.3 Å². The third-order valence-electron chi connectivity index (χ3n) is 5.10. The fraction of sp³-hybridized carbons (Fsp3) is 0.400. The number of ether oxygens (including phenoxy) is 2. The van der Waals surface area contributed by atoms with Crippen molar-refractivity contribution in [2.45, 2.75) is 59.4 Å². The van der Waals surface area contributed by atoms with Crippen LogP contribution in [0.25, 0.3) is 0 Å². The van der Waals surface area contributed by atoms with Gasteiger partial charge in [-0.1, -0.05) is 36.8 Å². The molecule has 2 aromatic carbocycles. The topological polar surface area (TPSA) is 95.6 Å². The maximum atomic E-state index is 12.8. The van der Waals surface area contributed by atoms with Crippen LogP contribution in [0.15, 0.2) is 53.3 Å². The monoisotopic (exact) mass is 477 g/mol. The second-order valence-electron chi connectivity index (χ2n) is 8.61. The van der Waals surface area contributed by atoms with E-state index in [4.69, 9.17) is 9.47 Å². The van der Waals surface area contributed by atoms with Gasteiger partial charge in [0, 0.05) is 6.54 Å². The fourth-order valence-corrected chi connectivity index (χ4v) is 3.23. The van der Waals surface area contributed by atoms with E-state index in [2.05, 4.69) is 5.10 Å². The molecule has 3 rings (SSSR count). The molecule has 8 nitrogen and oxygen atoms in total. The Labute approximate surface area is 221 Å². The molecule has 0 fully saturated rings. The molecule has 0 spiro atoms. The minimum absolute atomic E-state index is 0. The summed E-state index contributed by atoms with van der Waals surface area (Å²) in [4.78, 5) is 25.4. The number of esters is 1. The quantitative estimate of drug-likeness (QED) is 0.356. The van der Waals surface area contributed by atoms with Crippen molar-refractivity contribution in [1.29, 1.82) is 0 Å². The number of hydrogen-bond donors (Lipinski definition) is 1. The number of carbonyl (C=O) groups excluding carboxylic acids is 1. The first-order valence-electron chi connectivity index (χ1n) is 11.0. The summed E-state index contributed by atoms with van der Waals surface area (Å²) >= 11 is 0. The SMILES string of the molecule is CCCn1c(COC(=O)c2ccc(OC(C)(C)CO)cc2)nn(Cc2ccc(C)cc2)c1=O.[NaH]. The predicted molar refractivity (Wildman–Crippen MR) is 132 cm³/mol. The zero-order valence-corrected chi connectivity index (χ0v) is 19.6. The summed E-state index contributed by atoms with van der Waals surface area (Å²) in [7, 11) is 0. The molecule has 0 aliphatic heterocycles. The first kappa shape index (κ1) is 27.9. The molecule has 34 heavy (non-hydrogen) atoms. The molecule has 0 radical (unpaired) electrons. The Balaban J connectivity index is 0.00000408. The van der Waals surface area contributed by atoms with Crippen LogP contribution >= 0.6 is 0 Å². The Morgan fingerprint density at radius 1 is 1.09 bits per heavy atom. The third kappa shape index (κ3) is 7.30. The third-order valence-corrected chi connectivity index (χ3v) is 5.10. The van der Waals surface area contributed by atoms with Crippen molar-refractivity contribution in [2.75, 3.05) is 6.61 Å². The van der Waals surface area contributed by atoms with Crippen LogP contribution in [-0.4, -0.2) is 67.2 Å². The molecule has 178 valence electrons. The van der Waals surface area contributed by atoms with E-state index >= 15 is 0 Å². The molecular weight excluding hydrogens is 445 g/mol. The number of rotatable bonds is 10. The number of hydrogen-bond acceptors (Lipinski definition) is 6. The first-order chi connectivity index (χ1) is 15.7. The van der Waals surface area contributed by atoms with E-state index in [1.54, 1.807) is 42.7 Å². The molecule has 1 N–H and O–H groups in total.